The van der Waals surface area contributed by atoms with Gasteiger partial charge in [-0.15, -0.1) is 0 Å². The van der Waals surface area contributed by atoms with Crippen LogP contribution in [-0.2, 0) is 9.59 Å². The molecule has 3 aromatic rings. The normalized spacial score (nSPS) is 19.7. The summed E-state index contributed by atoms with van der Waals surface area (Å²) >= 11 is 4.50. The van der Waals surface area contributed by atoms with Crippen molar-refractivity contribution in [2.45, 2.75) is 31.1 Å². The molecule has 1 N–H and O–H groups in total. The number of nitrogens with zero attached hydrogens (tertiary/aromatic N) is 3. The summed E-state index contributed by atoms with van der Waals surface area (Å²) < 4.78 is 14.3. The lowest BCUT2D eigenvalue weighted by atomic mass is 9.98. The van der Waals surface area contributed by atoms with E-state index in [1.807, 2.05) is 55.5 Å². The zero-order chi connectivity index (χ0) is 25.4. The Balaban J connectivity index is 1.39. The highest BCUT2D eigenvalue weighted by Gasteiger charge is 2.42. The van der Waals surface area contributed by atoms with Crippen LogP contribution in [0.4, 0.5) is 10.1 Å². The molecule has 2 atom stereocenters. The zero-order valence-corrected chi connectivity index (χ0v) is 21.7. The van der Waals surface area contributed by atoms with E-state index in [0.717, 1.165) is 43.5 Å². The molecule has 36 heavy (non-hydrogen) atoms. The Kier molecular flexibility index (Phi) is 6.77. The number of hydrazone groups is 1. The molecule has 2 amide bonds. The van der Waals surface area contributed by atoms with Crippen LogP contribution in [0.2, 0.25) is 0 Å². The molecule has 0 aliphatic carbocycles. The van der Waals surface area contributed by atoms with Crippen molar-refractivity contribution in [1.82, 2.24) is 5.01 Å². The number of hydrogen-bond acceptors (Lipinski definition) is 5. The van der Waals surface area contributed by atoms with E-state index in [-0.39, 0.29) is 23.5 Å². The standard InChI is InChI=1S/C27H22BrFN4O2S/c1-16-2-4-17(5-3-16)22-14-23(18-6-8-19(28)9-7-18)33(31-22)27(30)36-24-15-25(34)32(26(24)35)21-12-10-20(29)11-13-21/h2-13,23-24,30H,14-15H2,1H3/t23-,24+/m0/s1. The zero-order valence-electron chi connectivity index (χ0n) is 19.3. The van der Waals surface area contributed by atoms with Crippen molar-refractivity contribution >= 4 is 56.1 Å². The van der Waals surface area contributed by atoms with Gasteiger partial charge in [0, 0.05) is 17.3 Å². The van der Waals surface area contributed by atoms with Crippen LogP contribution in [0, 0.1) is 18.2 Å². The minimum absolute atomic E-state index is 0.0332. The fourth-order valence-electron chi connectivity index (χ4n) is 4.31. The highest BCUT2D eigenvalue weighted by Crippen LogP contribution is 2.38. The van der Waals surface area contributed by atoms with Gasteiger partial charge in [0.1, 0.15) is 11.1 Å². The van der Waals surface area contributed by atoms with E-state index in [9.17, 15) is 14.0 Å². The van der Waals surface area contributed by atoms with Crippen LogP contribution in [0.1, 0.15) is 35.6 Å². The number of imide groups is 1. The van der Waals surface area contributed by atoms with E-state index in [0.29, 0.717) is 12.1 Å². The van der Waals surface area contributed by atoms with Crippen LogP contribution in [0.5, 0.6) is 0 Å². The molecule has 0 bridgehead atoms. The van der Waals surface area contributed by atoms with E-state index in [1.165, 1.54) is 24.3 Å². The number of hydrogen-bond donors (Lipinski definition) is 1. The monoisotopic (exact) mass is 564 g/mol. The van der Waals surface area contributed by atoms with Crippen molar-refractivity contribution in [1.29, 1.82) is 5.41 Å². The van der Waals surface area contributed by atoms with Crippen LogP contribution in [0.25, 0.3) is 0 Å². The van der Waals surface area contributed by atoms with E-state index in [4.69, 9.17) is 10.5 Å². The highest BCUT2D eigenvalue weighted by atomic mass is 79.9. The summed E-state index contributed by atoms with van der Waals surface area (Å²) in [5.74, 6) is -1.23. The maximum absolute atomic E-state index is 13.3. The predicted octanol–water partition coefficient (Wildman–Crippen LogP) is 6.05. The number of carbonyl (C=O) groups excluding carboxylic acids is 2. The number of anilines is 1. The Morgan fingerprint density at radius 1 is 1.00 bits per heavy atom. The molecule has 182 valence electrons. The van der Waals surface area contributed by atoms with Crippen molar-refractivity contribution in [2.24, 2.45) is 5.10 Å². The van der Waals surface area contributed by atoms with Gasteiger partial charge in [0.05, 0.1) is 17.4 Å². The van der Waals surface area contributed by atoms with Crippen LogP contribution in [-0.4, -0.2) is 33.0 Å². The summed E-state index contributed by atoms with van der Waals surface area (Å²) in [4.78, 5) is 26.8. The Bertz CT molecular complexity index is 1360. The highest BCUT2D eigenvalue weighted by molar-refractivity contribution is 9.10. The van der Waals surface area contributed by atoms with E-state index in [1.54, 1.807) is 5.01 Å². The third-order valence-electron chi connectivity index (χ3n) is 6.20. The fraction of sp³-hybridized carbons (Fsp3) is 0.185. The minimum atomic E-state index is -0.751. The van der Waals surface area contributed by atoms with Gasteiger partial charge >= 0.3 is 0 Å². The maximum atomic E-state index is 13.3. The molecule has 0 aromatic heterocycles. The van der Waals surface area contributed by atoms with Gasteiger partial charge in [0.25, 0.3) is 0 Å². The Morgan fingerprint density at radius 2 is 1.67 bits per heavy atom. The van der Waals surface area contributed by atoms with Crippen molar-refractivity contribution in [3.8, 4) is 0 Å². The number of nitrogens with one attached hydrogen (secondary N) is 1. The Hall–Kier alpha value is -3.30. The number of benzene rings is 3. The van der Waals surface area contributed by atoms with Crippen molar-refractivity contribution in [3.05, 3.63) is 99.8 Å². The van der Waals surface area contributed by atoms with Gasteiger partial charge in [-0.2, -0.15) is 5.10 Å². The lowest BCUT2D eigenvalue weighted by Crippen LogP contribution is -2.32. The molecule has 0 radical (unpaired) electrons. The van der Waals surface area contributed by atoms with Gasteiger partial charge in [0.15, 0.2) is 5.17 Å². The summed E-state index contributed by atoms with van der Waals surface area (Å²) in [5, 5.41) is 14.6. The van der Waals surface area contributed by atoms with Crippen molar-refractivity contribution < 1.29 is 14.0 Å². The molecule has 0 saturated carbocycles. The summed E-state index contributed by atoms with van der Waals surface area (Å²) in [7, 11) is 0. The van der Waals surface area contributed by atoms with Gasteiger partial charge in [0.2, 0.25) is 11.8 Å². The predicted molar refractivity (Wildman–Crippen MR) is 144 cm³/mol. The second kappa shape index (κ2) is 9.99. The number of aryl methyl sites for hydroxylation is 1. The van der Waals surface area contributed by atoms with E-state index < -0.39 is 17.0 Å². The van der Waals surface area contributed by atoms with Gasteiger partial charge in [-0.3, -0.25) is 15.0 Å². The van der Waals surface area contributed by atoms with Crippen LogP contribution < -0.4 is 4.90 Å². The largest absolute Gasteiger partial charge is 0.277 e. The smallest absolute Gasteiger partial charge is 0.247 e. The quantitative estimate of drug-likeness (QED) is 0.238. The third kappa shape index (κ3) is 4.85. The minimum Gasteiger partial charge on any atom is -0.277 e. The molecular formula is C27H22BrFN4O2S. The number of thioether (sulfide) groups is 1. The van der Waals surface area contributed by atoms with Gasteiger partial charge in [-0.1, -0.05) is 69.7 Å². The number of amidine groups is 1. The van der Waals surface area contributed by atoms with Crippen molar-refractivity contribution in [2.75, 3.05) is 4.90 Å². The first-order valence-corrected chi connectivity index (χ1v) is 13.0. The summed E-state index contributed by atoms with van der Waals surface area (Å²) in [6.45, 7) is 2.03. The molecule has 2 aliphatic rings. The first-order valence-electron chi connectivity index (χ1n) is 11.4. The number of halogens is 2. The van der Waals surface area contributed by atoms with Crippen LogP contribution in [0.15, 0.2) is 82.4 Å². The fourth-order valence-corrected chi connectivity index (χ4v) is 5.55. The van der Waals surface area contributed by atoms with E-state index >= 15 is 0 Å². The summed E-state index contributed by atoms with van der Waals surface area (Å²) in [6.07, 6.45) is 0.571. The number of amides is 2. The van der Waals surface area contributed by atoms with Gasteiger partial charge < -0.3 is 0 Å². The molecule has 9 heteroatoms. The SMILES string of the molecule is Cc1ccc(C2=NN(C(=N)S[C@@H]3CC(=O)N(c4ccc(F)cc4)C3=O)[C@H](c3ccc(Br)cc3)C2)cc1. The number of carbonyl (C=O) groups is 2. The lowest BCUT2D eigenvalue weighted by Gasteiger charge is -2.24. The van der Waals surface area contributed by atoms with Gasteiger partial charge in [-0.25, -0.2) is 14.3 Å². The Morgan fingerprint density at radius 3 is 2.33 bits per heavy atom. The molecule has 0 spiro atoms. The molecule has 3 aromatic carbocycles. The molecule has 0 unspecified atom stereocenters. The third-order valence-corrected chi connectivity index (χ3v) is 7.79. The lowest BCUT2D eigenvalue weighted by molar-refractivity contribution is -0.121. The first kappa shape index (κ1) is 24.4. The average Bonchev–Trinajstić information content (AvgIpc) is 3.42. The second-order valence-corrected chi connectivity index (χ2v) is 10.8. The average molecular weight is 565 g/mol. The second-order valence-electron chi connectivity index (χ2n) is 8.69. The maximum Gasteiger partial charge on any atom is 0.247 e. The summed E-state index contributed by atoms with van der Waals surface area (Å²) in [5.41, 5.74) is 4.32. The Labute approximate surface area is 220 Å². The first-order chi connectivity index (χ1) is 17.3. The summed E-state index contributed by atoms with van der Waals surface area (Å²) in [6, 6.07) is 21.0. The van der Waals surface area contributed by atoms with E-state index in [2.05, 4.69) is 15.9 Å². The molecule has 5 rings (SSSR count). The van der Waals surface area contributed by atoms with Gasteiger partial charge in [-0.05, 0) is 54.4 Å². The molecule has 2 aliphatic heterocycles. The molecule has 6 nitrogen and oxygen atoms in total. The van der Waals surface area contributed by atoms with Crippen molar-refractivity contribution in [3.63, 3.8) is 0 Å². The molecule has 1 saturated heterocycles. The molecule has 1 fully saturated rings. The molecule has 2 heterocycles. The number of rotatable bonds is 4. The molecular weight excluding hydrogens is 543 g/mol. The van der Waals surface area contributed by atoms with Crippen LogP contribution in [0.3, 0.4) is 0 Å². The topological polar surface area (TPSA) is 76.8 Å². The van der Waals surface area contributed by atoms with Crippen LogP contribution >= 0.6 is 27.7 Å².